The van der Waals surface area contributed by atoms with E-state index in [0.29, 0.717) is 24.3 Å². The SMILES string of the molecule is O=C(C(=O)c1ccccc1N1CCOCC1)c1ccccc1. The molecule has 4 nitrogen and oxygen atoms in total. The average molecular weight is 295 g/mol. The first-order valence-electron chi connectivity index (χ1n) is 7.33. The van der Waals surface area contributed by atoms with Crippen molar-refractivity contribution < 1.29 is 14.3 Å². The van der Waals surface area contributed by atoms with Gasteiger partial charge in [-0.05, 0) is 12.1 Å². The van der Waals surface area contributed by atoms with E-state index in [-0.39, 0.29) is 0 Å². The van der Waals surface area contributed by atoms with Crippen molar-refractivity contribution >= 4 is 17.3 Å². The highest BCUT2D eigenvalue weighted by Crippen LogP contribution is 2.23. The third-order valence-corrected chi connectivity index (χ3v) is 3.74. The van der Waals surface area contributed by atoms with Crippen LogP contribution >= 0.6 is 0 Å². The van der Waals surface area contributed by atoms with Crippen molar-refractivity contribution in [3.05, 3.63) is 65.7 Å². The van der Waals surface area contributed by atoms with Gasteiger partial charge in [0.25, 0.3) is 0 Å². The Hall–Kier alpha value is -2.46. The van der Waals surface area contributed by atoms with Gasteiger partial charge in [-0.1, -0.05) is 42.5 Å². The van der Waals surface area contributed by atoms with Crippen LogP contribution in [0.1, 0.15) is 20.7 Å². The minimum absolute atomic E-state index is 0.421. The van der Waals surface area contributed by atoms with Gasteiger partial charge in [-0.3, -0.25) is 9.59 Å². The van der Waals surface area contributed by atoms with Crippen molar-refractivity contribution in [3.63, 3.8) is 0 Å². The molecule has 112 valence electrons. The van der Waals surface area contributed by atoms with E-state index in [2.05, 4.69) is 4.90 Å². The van der Waals surface area contributed by atoms with E-state index >= 15 is 0 Å². The largest absolute Gasteiger partial charge is 0.378 e. The van der Waals surface area contributed by atoms with Crippen molar-refractivity contribution in [2.24, 2.45) is 0 Å². The van der Waals surface area contributed by atoms with Crippen LogP contribution in [0, 0.1) is 0 Å². The van der Waals surface area contributed by atoms with Crippen molar-refractivity contribution in [2.45, 2.75) is 0 Å². The molecule has 3 rings (SSSR count). The molecule has 0 amide bonds. The molecule has 1 saturated heterocycles. The lowest BCUT2D eigenvalue weighted by Crippen LogP contribution is -2.37. The zero-order valence-electron chi connectivity index (χ0n) is 12.2. The van der Waals surface area contributed by atoms with Gasteiger partial charge in [0.15, 0.2) is 0 Å². The van der Waals surface area contributed by atoms with Crippen LogP contribution in [-0.2, 0) is 4.74 Å². The molecule has 0 aliphatic carbocycles. The summed E-state index contributed by atoms with van der Waals surface area (Å²) in [6, 6.07) is 15.9. The molecular formula is C18H17NO3. The van der Waals surface area contributed by atoms with E-state index in [1.54, 1.807) is 36.4 Å². The summed E-state index contributed by atoms with van der Waals surface area (Å²) in [5.41, 5.74) is 1.68. The molecule has 0 saturated carbocycles. The maximum Gasteiger partial charge on any atom is 0.235 e. The summed E-state index contributed by atoms with van der Waals surface area (Å²) in [6.45, 7) is 2.72. The highest BCUT2D eigenvalue weighted by molar-refractivity contribution is 6.50. The fourth-order valence-corrected chi connectivity index (χ4v) is 2.59. The Kier molecular flexibility index (Phi) is 4.30. The number of hydrogen-bond acceptors (Lipinski definition) is 4. The van der Waals surface area contributed by atoms with E-state index in [1.165, 1.54) is 0 Å². The van der Waals surface area contributed by atoms with Gasteiger partial charge >= 0.3 is 0 Å². The molecule has 0 unspecified atom stereocenters. The second-order valence-corrected chi connectivity index (χ2v) is 5.14. The third-order valence-electron chi connectivity index (χ3n) is 3.74. The molecule has 0 bridgehead atoms. The molecule has 2 aromatic carbocycles. The highest BCUT2D eigenvalue weighted by Gasteiger charge is 2.23. The Morgan fingerprint density at radius 2 is 1.45 bits per heavy atom. The number of rotatable bonds is 4. The van der Waals surface area contributed by atoms with Crippen molar-refractivity contribution in [3.8, 4) is 0 Å². The summed E-state index contributed by atoms with van der Waals surface area (Å²) < 4.78 is 5.34. The van der Waals surface area contributed by atoms with E-state index < -0.39 is 11.6 Å². The summed E-state index contributed by atoms with van der Waals surface area (Å²) in [5.74, 6) is -0.936. The molecule has 0 atom stereocenters. The summed E-state index contributed by atoms with van der Waals surface area (Å²) >= 11 is 0. The summed E-state index contributed by atoms with van der Waals surface area (Å²) in [4.78, 5) is 27.1. The van der Waals surface area contributed by atoms with E-state index in [1.807, 2.05) is 18.2 Å². The Labute approximate surface area is 129 Å². The van der Waals surface area contributed by atoms with E-state index in [9.17, 15) is 9.59 Å². The van der Waals surface area contributed by atoms with E-state index in [4.69, 9.17) is 4.74 Å². The Balaban J connectivity index is 1.91. The summed E-state index contributed by atoms with van der Waals surface area (Å²) in [5, 5.41) is 0. The maximum atomic E-state index is 12.6. The minimum Gasteiger partial charge on any atom is -0.378 e. The number of morpholine rings is 1. The molecule has 1 fully saturated rings. The average Bonchev–Trinajstić information content (AvgIpc) is 2.62. The number of para-hydroxylation sites is 1. The molecule has 22 heavy (non-hydrogen) atoms. The van der Waals surface area contributed by atoms with Crippen LogP contribution in [0.2, 0.25) is 0 Å². The number of nitrogens with zero attached hydrogens (tertiary/aromatic N) is 1. The van der Waals surface area contributed by atoms with Crippen LogP contribution in [0.25, 0.3) is 0 Å². The van der Waals surface area contributed by atoms with Gasteiger partial charge in [0, 0.05) is 29.9 Å². The first kappa shape index (κ1) is 14.5. The Morgan fingerprint density at radius 1 is 0.818 bits per heavy atom. The van der Waals surface area contributed by atoms with Crippen molar-refractivity contribution in [1.82, 2.24) is 0 Å². The zero-order valence-corrected chi connectivity index (χ0v) is 12.2. The van der Waals surface area contributed by atoms with Gasteiger partial charge in [0.2, 0.25) is 11.6 Å². The lowest BCUT2D eigenvalue weighted by molar-refractivity contribution is 0.0816. The number of hydrogen-bond donors (Lipinski definition) is 0. The number of anilines is 1. The molecule has 4 heteroatoms. The number of carbonyl (C=O) groups is 2. The quantitative estimate of drug-likeness (QED) is 0.642. The second-order valence-electron chi connectivity index (χ2n) is 5.14. The fourth-order valence-electron chi connectivity index (χ4n) is 2.59. The van der Waals surface area contributed by atoms with Crippen LogP contribution in [0.15, 0.2) is 54.6 Å². The molecule has 0 N–H and O–H groups in total. The van der Waals surface area contributed by atoms with Gasteiger partial charge in [-0.15, -0.1) is 0 Å². The number of ether oxygens (including phenoxy) is 1. The molecule has 0 radical (unpaired) electrons. The van der Waals surface area contributed by atoms with Crippen LogP contribution in [0.4, 0.5) is 5.69 Å². The van der Waals surface area contributed by atoms with Crippen LogP contribution in [0.3, 0.4) is 0 Å². The number of ketones is 2. The smallest absolute Gasteiger partial charge is 0.235 e. The van der Waals surface area contributed by atoms with Gasteiger partial charge in [-0.2, -0.15) is 0 Å². The lowest BCUT2D eigenvalue weighted by atomic mass is 9.99. The number of benzene rings is 2. The monoisotopic (exact) mass is 295 g/mol. The highest BCUT2D eigenvalue weighted by atomic mass is 16.5. The predicted molar refractivity (Wildman–Crippen MR) is 84.6 cm³/mol. The third kappa shape index (κ3) is 2.92. The minimum atomic E-state index is -0.471. The van der Waals surface area contributed by atoms with Crippen LogP contribution in [-0.4, -0.2) is 37.9 Å². The Morgan fingerprint density at radius 3 is 2.18 bits per heavy atom. The van der Waals surface area contributed by atoms with Gasteiger partial charge in [0.05, 0.1) is 13.2 Å². The molecule has 1 aliphatic heterocycles. The summed E-state index contributed by atoms with van der Waals surface area (Å²) in [7, 11) is 0. The Bertz CT molecular complexity index is 676. The lowest BCUT2D eigenvalue weighted by Gasteiger charge is -2.30. The molecule has 2 aromatic rings. The van der Waals surface area contributed by atoms with Crippen LogP contribution < -0.4 is 4.90 Å². The van der Waals surface area contributed by atoms with Crippen LogP contribution in [0.5, 0.6) is 0 Å². The topological polar surface area (TPSA) is 46.6 Å². The van der Waals surface area contributed by atoms with Crippen molar-refractivity contribution in [1.29, 1.82) is 0 Å². The van der Waals surface area contributed by atoms with Gasteiger partial charge < -0.3 is 9.64 Å². The zero-order chi connectivity index (χ0) is 15.4. The van der Waals surface area contributed by atoms with Crippen molar-refractivity contribution in [2.75, 3.05) is 31.2 Å². The predicted octanol–water partition coefficient (Wildman–Crippen LogP) is 2.59. The molecule has 1 heterocycles. The van der Waals surface area contributed by atoms with Gasteiger partial charge in [0.1, 0.15) is 0 Å². The second kappa shape index (κ2) is 6.54. The maximum absolute atomic E-state index is 12.6. The first-order valence-corrected chi connectivity index (χ1v) is 7.33. The normalized spacial score (nSPS) is 14.6. The van der Waals surface area contributed by atoms with E-state index in [0.717, 1.165) is 18.8 Å². The standard InChI is InChI=1S/C18H17NO3/c20-17(14-6-2-1-3-7-14)18(21)15-8-4-5-9-16(15)19-10-12-22-13-11-19/h1-9H,10-13H2. The molecule has 0 spiro atoms. The summed E-state index contributed by atoms with van der Waals surface area (Å²) in [6.07, 6.45) is 0. The number of Topliss-reactive ketones (excluding diaryl/α,β-unsaturated/α-hetero) is 2. The fraction of sp³-hybridized carbons (Fsp3) is 0.222. The molecular weight excluding hydrogens is 278 g/mol. The molecule has 1 aliphatic rings. The molecule has 0 aromatic heterocycles. The first-order chi connectivity index (χ1) is 10.8. The number of carbonyl (C=O) groups excluding carboxylic acids is 2. The van der Waals surface area contributed by atoms with Gasteiger partial charge in [-0.25, -0.2) is 0 Å².